The number of methoxy groups -OCH3 is 2. The molecule has 1 aromatic carbocycles. The quantitative estimate of drug-likeness (QED) is 0.643. The molecule has 0 bridgehead atoms. The first kappa shape index (κ1) is 15.4. The van der Waals surface area contributed by atoms with Gasteiger partial charge in [0.25, 0.3) is 5.56 Å². The van der Waals surface area contributed by atoms with Gasteiger partial charge in [-0.2, -0.15) is 0 Å². The molecular formula is C15H15NO6. The number of fused-ring (bicyclic) bond motifs is 1. The largest absolute Gasteiger partial charge is 0.506 e. The number of hydrogen-bond donors (Lipinski definition) is 2. The molecule has 7 nitrogen and oxygen atoms in total. The van der Waals surface area contributed by atoms with Gasteiger partial charge in [0, 0.05) is 11.5 Å². The molecule has 0 radical (unpaired) electrons. The second kappa shape index (κ2) is 6.21. The molecule has 116 valence electrons. The Hall–Kier alpha value is -2.96. The molecule has 0 aliphatic carbocycles. The fourth-order valence-electron chi connectivity index (χ4n) is 2.00. The van der Waals surface area contributed by atoms with Crippen LogP contribution in [0, 0.1) is 0 Å². The minimum Gasteiger partial charge on any atom is -0.506 e. The van der Waals surface area contributed by atoms with E-state index in [1.807, 2.05) is 0 Å². The first-order valence-corrected chi connectivity index (χ1v) is 6.32. The molecule has 0 saturated heterocycles. The number of carbonyl (C=O) groups is 1. The zero-order chi connectivity index (χ0) is 16.3. The lowest BCUT2D eigenvalue weighted by atomic mass is 10.1. The highest BCUT2D eigenvalue weighted by Crippen LogP contribution is 2.35. The summed E-state index contributed by atoms with van der Waals surface area (Å²) in [6.45, 7) is 3.34. The van der Waals surface area contributed by atoms with Crippen LogP contribution in [0.4, 0.5) is 0 Å². The maximum Gasteiger partial charge on any atom is 0.347 e. The highest BCUT2D eigenvalue weighted by Gasteiger charge is 2.21. The smallest absolute Gasteiger partial charge is 0.347 e. The van der Waals surface area contributed by atoms with Crippen molar-refractivity contribution in [3.63, 3.8) is 0 Å². The fraction of sp³-hybridized carbons (Fsp3) is 0.200. The minimum atomic E-state index is -0.935. The Balaban J connectivity index is 2.68. The molecule has 0 amide bonds. The lowest BCUT2D eigenvalue weighted by molar-refractivity contribution is 0.0544. The Morgan fingerprint density at radius 2 is 1.95 bits per heavy atom. The normalized spacial score (nSPS) is 10.3. The van der Waals surface area contributed by atoms with Gasteiger partial charge in [0.05, 0.1) is 19.7 Å². The van der Waals surface area contributed by atoms with Crippen LogP contribution in [0.5, 0.6) is 17.2 Å². The van der Waals surface area contributed by atoms with Crippen molar-refractivity contribution in [2.45, 2.75) is 0 Å². The molecule has 2 N–H and O–H groups in total. The molecule has 7 heteroatoms. The van der Waals surface area contributed by atoms with Crippen molar-refractivity contribution < 1.29 is 24.1 Å². The van der Waals surface area contributed by atoms with E-state index in [9.17, 15) is 14.7 Å². The van der Waals surface area contributed by atoms with Crippen LogP contribution in [0.15, 0.2) is 29.6 Å². The van der Waals surface area contributed by atoms with Crippen molar-refractivity contribution in [1.82, 2.24) is 4.98 Å². The molecule has 0 fully saturated rings. The van der Waals surface area contributed by atoms with Gasteiger partial charge in [0.2, 0.25) is 0 Å². The van der Waals surface area contributed by atoms with Crippen LogP contribution in [0.3, 0.4) is 0 Å². The highest BCUT2D eigenvalue weighted by molar-refractivity contribution is 6.00. The van der Waals surface area contributed by atoms with Crippen LogP contribution in [0.25, 0.3) is 10.9 Å². The molecule has 0 spiro atoms. The molecular weight excluding hydrogens is 290 g/mol. The van der Waals surface area contributed by atoms with E-state index in [4.69, 9.17) is 14.2 Å². The Bertz CT molecular complexity index is 793. The van der Waals surface area contributed by atoms with E-state index in [1.54, 1.807) is 0 Å². The summed E-state index contributed by atoms with van der Waals surface area (Å²) in [7, 11) is 2.88. The monoisotopic (exact) mass is 305 g/mol. The van der Waals surface area contributed by atoms with E-state index < -0.39 is 22.8 Å². The van der Waals surface area contributed by atoms with Crippen LogP contribution in [-0.4, -0.2) is 36.9 Å². The van der Waals surface area contributed by atoms with Crippen molar-refractivity contribution in [2.75, 3.05) is 20.8 Å². The standard InChI is InChI=1S/C15H15NO6/c1-4-5-22-15(19)12-13(17)8-6-10(20-2)11(21-3)7-9(8)16-14(12)18/h4,6-7H,1,5H2,2-3H3,(H2,16,17,18). The minimum absolute atomic E-state index is 0.0678. The number of aromatic hydroxyl groups is 1. The van der Waals surface area contributed by atoms with E-state index in [1.165, 1.54) is 32.4 Å². The predicted molar refractivity (Wildman–Crippen MR) is 79.8 cm³/mol. The lowest BCUT2D eigenvalue weighted by Gasteiger charge is -2.11. The van der Waals surface area contributed by atoms with Crippen molar-refractivity contribution in [2.24, 2.45) is 0 Å². The van der Waals surface area contributed by atoms with Crippen LogP contribution >= 0.6 is 0 Å². The summed E-state index contributed by atoms with van der Waals surface area (Å²) < 4.78 is 15.1. The van der Waals surface area contributed by atoms with Crippen LogP contribution < -0.4 is 15.0 Å². The first-order valence-electron chi connectivity index (χ1n) is 6.32. The number of H-pyrrole nitrogens is 1. The summed E-state index contributed by atoms with van der Waals surface area (Å²) in [6.07, 6.45) is 1.36. The molecule has 2 rings (SSSR count). The van der Waals surface area contributed by atoms with Gasteiger partial charge in [-0.1, -0.05) is 12.7 Å². The van der Waals surface area contributed by atoms with Gasteiger partial charge >= 0.3 is 5.97 Å². The zero-order valence-corrected chi connectivity index (χ0v) is 12.1. The summed E-state index contributed by atoms with van der Waals surface area (Å²) in [5.74, 6) is -0.682. The predicted octanol–water partition coefficient (Wildman–Crippen LogP) is 1.59. The molecule has 1 aromatic heterocycles. The highest BCUT2D eigenvalue weighted by atomic mass is 16.5. The Morgan fingerprint density at radius 3 is 2.55 bits per heavy atom. The van der Waals surface area contributed by atoms with Crippen molar-refractivity contribution in [1.29, 1.82) is 0 Å². The van der Waals surface area contributed by atoms with Gasteiger partial charge < -0.3 is 24.3 Å². The maximum absolute atomic E-state index is 12.0. The van der Waals surface area contributed by atoms with E-state index in [0.717, 1.165) is 0 Å². The maximum atomic E-state index is 12.0. The SMILES string of the molecule is C=CCOC(=O)c1c(O)c2cc(OC)c(OC)cc2[nH]c1=O. The average molecular weight is 305 g/mol. The number of aromatic amines is 1. The second-order valence-electron chi connectivity index (χ2n) is 4.32. The number of pyridine rings is 1. The Kier molecular flexibility index (Phi) is 4.36. The number of benzene rings is 1. The number of esters is 1. The fourth-order valence-corrected chi connectivity index (χ4v) is 2.00. The van der Waals surface area contributed by atoms with Crippen molar-refractivity contribution in [3.05, 3.63) is 40.7 Å². The molecule has 0 unspecified atom stereocenters. The van der Waals surface area contributed by atoms with Crippen LogP contribution in [0.2, 0.25) is 0 Å². The summed E-state index contributed by atoms with van der Waals surface area (Å²) >= 11 is 0. The molecule has 0 saturated carbocycles. The third kappa shape index (κ3) is 2.60. The average Bonchev–Trinajstić information content (AvgIpc) is 2.51. The molecule has 1 heterocycles. The van der Waals surface area contributed by atoms with Crippen molar-refractivity contribution >= 4 is 16.9 Å². The molecule has 0 atom stereocenters. The van der Waals surface area contributed by atoms with E-state index >= 15 is 0 Å². The van der Waals surface area contributed by atoms with E-state index in [0.29, 0.717) is 17.0 Å². The third-order valence-electron chi connectivity index (χ3n) is 3.03. The Labute approximate surface area is 125 Å². The van der Waals surface area contributed by atoms with E-state index in [2.05, 4.69) is 11.6 Å². The van der Waals surface area contributed by atoms with Gasteiger partial charge in [0.1, 0.15) is 12.4 Å². The number of nitrogens with one attached hydrogen (secondary N) is 1. The number of hydrogen-bond acceptors (Lipinski definition) is 6. The lowest BCUT2D eigenvalue weighted by Crippen LogP contribution is -2.20. The molecule has 22 heavy (non-hydrogen) atoms. The number of carbonyl (C=O) groups excluding carboxylic acids is 1. The van der Waals surface area contributed by atoms with Crippen LogP contribution in [0.1, 0.15) is 10.4 Å². The van der Waals surface area contributed by atoms with Gasteiger partial charge in [-0.15, -0.1) is 0 Å². The first-order chi connectivity index (χ1) is 10.5. The zero-order valence-electron chi connectivity index (χ0n) is 12.1. The second-order valence-corrected chi connectivity index (χ2v) is 4.32. The molecule has 0 aliphatic heterocycles. The third-order valence-corrected chi connectivity index (χ3v) is 3.03. The summed E-state index contributed by atoms with van der Waals surface area (Å²) in [5, 5.41) is 10.5. The molecule has 0 aliphatic rings. The molecule has 2 aromatic rings. The van der Waals surface area contributed by atoms with Gasteiger partial charge in [-0.3, -0.25) is 4.79 Å². The van der Waals surface area contributed by atoms with E-state index in [-0.39, 0.29) is 12.0 Å². The van der Waals surface area contributed by atoms with Gasteiger partial charge in [-0.05, 0) is 6.07 Å². The summed E-state index contributed by atoms with van der Waals surface area (Å²) in [4.78, 5) is 26.4. The number of ether oxygens (including phenoxy) is 3. The number of aromatic nitrogens is 1. The topological polar surface area (TPSA) is 97.8 Å². The van der Waals surface area contributed by atoms with Crippen LogP contribution in [-0.2, 0) is 4.74 Å². The number of rotatable bonds is 5. The van der Waals surface area contributed by atoms with Gasteiger partial charge in [-0.25, -0.2) is 4.79 Å². The summed E-state index contributed by atoms with van der Waals surface area (Å²) in [5.41, 5.74) is -0.923. The summed E-state index contributed by atoms with van der Waals surface area (Å²) in [6, 6.07) is 2.96. The van der Waals surface area contributed by atoms with Crippen molar-refractivity contribution in [3.8, 4) is 17.2 Å². The van der Waals surface area contributed by atoms with Gasteiger partial charge in [0.15, 0.2) is 17.1 Å². The Morgan fingerprint density at radius 1 is 1.32 bits per heavy atom.